The number of carbonyl (C=O) groups excluding carboxylic acids is 1. The first-order chi connectivity index (χ1) is 10.3. The first kappa shape index (κ1) is 13.6. The Kier molecular flexibility index (Phi) is 3.86. The summed E-state index contributed by atoms with van der Waals surface area (Å²) in [5, 5.41) is 0. The molecular weight excluding hydrogens is 264 g/mol. The molecule has 1 aliphatic carbocycles. The maximum atomic E-state index is 12.8. The fourth-order valence-corrected chi connectivity index (χ4v) is 2.40. The first-order valence-electron chi connectivity index (χ1n) is 7.13. The molecule has 0 N–H and O–H groups in total. The largest absolute Gasteiger partial charge is 0.480 e. The molecular formula is C17H18N2O2. The van der Waals surface area contributed by atoms with Crippen LogP contribution < -0.4 is 4.74 Å². The predicted octanol–water partition coefficient (Wildman–Crippen LogP) is 2.90. The normalized spacial score (nSPS) is 13.8. The van der Waals surface area contributed by atoms with Gasteiger partial charge in [0.15, 0.2) is 0 Å². The number of nitrogens with zero attached hydrogens (tertiary/aromatic N) is 2. The Bertz CT molecular complexity index is 624. The van der Waals surface area contributed by atoms with Gasteiger partial charge >= 0.3 is 0 Å². The van der Waals surface area contributed by atoms with Crippen molar-refractivity contribution in [1.82, 2.24) is 9.88 Å². The average Bonchev–Trinajstić information content (AvgIpc) is 3.37. The highest BCUT2D eigenvalue weighted by Crippen LogP contribution is 2.31. The molecule has 0 unspecified atom stereocenters. The van der Waals surface area contributed by atoms with Crippen LogP contribution in [-0.2, 0) is 6.54 Å². The number of aromatic nitrogens is 1. The molecule has 1 aromatic carbocycles. The second-order valence-electron chi connectivity index (χ2n) is 5.21. The molecule has 0 saturated heterocycles. The van der Waals surface area contributed by atoms with Gasteiger partial charge in [0.2, 0.25) is 5.88 Å². The summed E-state index contributed by atoms with van der Waals surface area (Å²) in [5.74, 6) is 0.382. The number of amides is 1. The Balaban J connectivity index is 1.85. The number of pyridine rings is 1. The lowest BCUT2D eigenvalue weighted by Crippen LogP contribution is -2.33. The summed E-state index contributed by atoms with van der Waals surface area (Å²) in [7, 11) is 1.54. The average molecular weight is 282 g/mol. The van der Waals surface area contributed by atoms with Crippen molar-refractivity contribution in [3.63, 3.8) is 0 Å². The highest BCUT2D eigenvalue weighted by molar-refractivity contribution is 5.96. The number of ether oxygens (including phenoxy) is 1. The minimum Gasteiger partial charge on any atom is -0.480 e. The molecule has 0 spiro atoms. The zero-order valence-corrected chi connectivity index (χ0v) is 12.0. The molecule has 1 heterocycles. The molecule has 0 radical (unpaired) electrons. The summed E-state index contributed by atoms with van der Waals surface area (Å²) in [6, 6.07) is 13.9. The molecule has 1 aromatic heterocycles. The summed E-state index contributed by atoms with van der Waals surface area (Å²) in [5.41, 5.74) is 1.67. The lowest BCUT2D eigenvalue weighted by atomic mass is 10.1. The summed E-state index contributed by atoms with van der Waals surface area (Å²) in [4.78, 5) is 18.9. The van der Waals surface area contributed by atoms with E-state index in [1.54, 1.807) is 18.3 Å². The van der Waals surface area contributed by atoms with Crippen molar-refractivity contribution < 1.29 is 9.53 Å². The van der Waals surface area contributed by atoms with Crippen molar-refractivity contribution in [1.29, 1.82) is 0 Å². The van der Waals surface area contributed by atoms with Gasteiger partial charge in [-0.3, -0.25) is 4.79 Å². The molecule has 1 aliphatic rings. The summed E-state index contributed by atoms with van der Waals surface area (Å²) < 4.78 is 5.21. The molecule has 1 fully saturated rings. The van der Waals surface area contributed by atoms with Gasteiger partial charge in [0.25, 0.3) is 5.91 Å². The highest BCUT2D eigenvalue weighted by Gasteiger charge is 2.34. The van der Waals surface area contributed by atoms with Gasteiger partial charge in [-0.05, 0) is 30.5 Å². The summed E-state index contributed by atoms with van der Waals surface area (Å²) in [6.45, 7) is 0.627. The van der Waals surface area contributed by atoms with Crippen LogP contribution in [0.25, 0.3) is 0 Å². The second-order valence-corrected chi connectivity index (χ2v) is 5.21. The van der Waals surface area contributed by atoms with Crippen LogP contribution in [0.3, 0.4) is 0 Å². The molecule has 21 heavy (non-hydrogen) atoms. The van der Waals surface area contributed by atoms with E-state index >= 15 is 0 Å². The van der Waals surface area contributed by atoms with E-state index < -0.39 is 0 Å². The zero-order valence-electron chi connectivity index (χ0n) is 12.0. The van der Waals surface area contributed by atoms with Gasteiger partial charge < -0.3 is 9.64 Å². The minimum absolute atomic E-state index is 0.00805. The van der Waals surface area contributed by atoms with Gasteiger partial charge in [0.05, 0.1) is 7.11 Å². The van der Waals surface area contributed by atoms with Gasteiger partial charge in [-0.25, -0.2) is 4.98 Å². The van der Waals surface area contributed by atoms with Crippen LogP contribution in [0.5, 0.6) is 5.88 Å². The number of rotatable bonds is 5. The van der Waals surface area contributed by atoms with Crippen LogP contribution in [0, 0.1) is 0 Å². The van der Waals surface area contributed by atoms with E-state index in [4.69, 9.17) is 4.74 Å². The van der Waals surface area contributed by atoms with E-state index in [2.05, 4.69) is 4.98 Å². The Hall–Kier alpha value is -2.36. The van der Waals surface area contributed by atoms with Crippen LogP contribution in [0.15, 0.2) is 48.7 Å². The molecule has 2 aromatic rings. The molecule has 0 bridgehead atoms. The molecule has 3 rings (SSSR count). The fraction of sp³-hybridized carbons (Fsp3) is 0.294. The second kappa shape index (κ2) is 5.95. The van der Waals surface area contributed by atoms with E-state index in [9.17, 15) is 4.79 Å². The van der Waals surface area contributed by atoms with E-state index in [-0.39, 0.29) is 5.91 Å². The Morgan fingerprint density at radius 3 is 2.67 bits per heavy atom. The molecule has 4 heteroatoms. The standard InChI is InChI=1S/C17H18N2O2/c1-21-16-15(8-5-11-18-16)17(20)19(14-9-10-14)12-13-6-3-2-4-7-13/h2-8,11,14H,9-10,12H2,1H3. The van der Waals surface area contributed by atoms with Gasteiger partial charge in [-0.2, -0.15) is 0 Å². The molecule has 4 nitrogen and oxygen atoms in total. The third-order valence-electron chi connectivity index (χ3n) is 3.64. The van der Waals surface area contributed by atoms with Crippen molar-refractivity contribution in [3.05, 3.63) is 59.8 Å². The number of hydrogen-bond acceptors (Lipinski definition) is 3. The third-order valence-corrected chi connectivity index (χ3v) is 3.64. The SMILES string of the molecule is COc1ncccc1C(=O)N(Cc1ccccc1)C1CC1. The highest BCUT2D eigenvalue weighted by atomic mass is 16.5. The summed E-state index contributed by atoms with van der Waals surface area (Å²) >= 11 is 0. The lowest BCUT2D eigenvalue weighted by molar-refractivity contribution is 0.0725. The first-order valence-corrected chi connectivity index (χ1v) is 7.13. The minimum atomic E-state index is -0.00805. The Labute approximate surface area is 124 Å². The molecule has 0 aliphatic heterocycles. The van der Waals surface area contributed by atoms with Crippen molar-refractivity contribution in [2.75, 3.05) is 7.11 Å². The van der Waals surface area contributed by atoms with Crippen molar-refractivity contribution in [2.24, 2.45) is 0 Å². The van der Waals surface area contributed by atoms with Crippen LogP contribution in [0.4, 0.5) is 0 Å². The quantitative estimate of drug-likeness (QED) is 0.847. The number of hydrogen-bond donors (Lipinski definition) is 0. The molecule has 1 saturated carbocycles. The molecule has 1 amide bonds. The van der Waals surface area contributed by atoms with Crippen molar-refractivity contribution >= 4 is 5.91 Å². The van der Waals surface area contributed by atoms with Crippen molar-refractivity contribution in [2.45, 2.75) is 25.4 Å². The Morgan fingerprint density at radius 2 is 2.00 bits per heavy atom. The fourth-order valence-electron chi connectivity index (χ4n) is 2.40. The maximum Gasteiger partial charge on any atom is 0.259 e. The van der Waals surface area contributed by atoms with Gasteiger partial charge in [-0.15, -0.1) is 0 Å². The smallest absolute Gasteiger partial charge is 0.259 e. The van der Waals surface area contributed by atoms with Crippen molar-refractivity contribution in [3.8, 4) is 5.88 Å². The van der Waals surface area contributed by atoms with Crippen LogP contribution >= 0.6 is 0 Å². The topological polar surface area (TPSA) is 42.4 Å². The van der Waals surface area contributed by atoms with Crippen LogP contribution in [-0.4, -0.2) is 28.9 Å². The van der Waals surface area contributed by atoms with Crippen LogP contribution in [0.2, 0.25) is 0 Å². The maximum absolute atomic E-state index is 12.8. The van der Waals surface area contributed by atoms with Gasteiger partial charge in [0, 0.05) is 18.8 Å². The number of carbonyl (C=O) groups is 1. The lowest BCUT2D eigenvalue weighted by Gasteiger charge is -2.23. The monoisotopic (exact) mass is 282 g/mol. The van der Waals surface area contributed by atoms with E-state index in [0.29, 0.717) is 24.0 Å². The summed E-state index contributed by atoms with van der Waals surface area (Å²) in [6.07, 6.45) is 3.77. The number of methoxy groups -OCH3 is 1. The zero-order chi connectivity index (χ0) is 14.7. The number of benzene rings is 1. The van der Waals surface area contributed by atoms with E-state index in [0.717, 1.165) is 18.4 Å². The van der Waals surface area contributed by atoms with E-state index in [1.807, 2.05) is 35.2 Å². The van der Waals surface area contributed by atoms with Gasteiger partial charge in [0.1, 0.15) is 5.56 Å². The predicted molar refractivity (Wildman–Crippen MR) is 80.1 cm³/mol. The van der Waals surface area contributed by atoms with Crippen LogP contribution in [0.1, 0.15) is 28.8 Å². The van der Waals surface area contributed by atoms with Gasteiger partial charge in [-0.1, -0.05) is 30.3 Å². The third kappa shape index (κ3) is 3.05. The Morgan fingerprint density at radius 1 is 1.24 bits per heavy atom. The molecule has 0 atom stereocenters. The molecule has 108 valence electrons. The van der Waals surface area contributed by atoms with E-state index in [1.165, 1.54) is 7.11 Å².